The average Bonchev–Trinajstić information content (AvgIpc) is 3.51. The highest BCUT2D eigenvalue weighted by molar-refractivity contribution is 7.22. The van der Waals surface area contributed by atoms with Crippen LogP contribution in [-0.2, 0) is 9.59 Å². The van der Waals surface area contributed by atoms with Crippen LogP contribution < -0.4 is 19.1 Å². The molecule has 9 heteroatoms. The Kier molecular flexibility index (Phi) is 8.54. The van der Waals surface area contributed by atoms with Crippen molar-refractivity contribution in [1.82, 2.24) is 4.98 Å². The third kappa shape index (κ3) is 5.76. The molecule has 1 saturated heterocycles. The number of anilines is 1. The number of aliphatic hydroxyl groups excluding tert-OH is 1. The largest absolute Gasteiger partial charge is 0.507 e. The van der Waals surface area contributed by atoms with Gasteiger partial charge in [0.05, 0.1) is 41.7 Å². The number of nitrogens with zero attached hydrogens (tertiary/aromatic N) is 2. The number of Topliss-reactive ketones (excluding diaryl/α,β-unsaturated/α-hetero) is 1. The highest BCUT2D eigenvalue weighted by Crippen LogP contribution is 2.45. The van der Waals surface area contributed by atoms with E-state index in [9.17, 15) is 14.7 Å². The maximum absolute atomic E-state index is 13.6. The van der Waals surface area contributed by atoms with Gasteiger partial charge in [0, 0.05) is 5.56 Å². The number of ketones is 1. The van der Waals surface area contributed by atoms with Crippen LogP contribution in [0.5, 0.6) is 17.2 Å². The summed E-state index contributed by atoms with van der Waals surface area (Å²) in [6.07, 6.45) is 1.89. The van der Waals surface area contributed by atoms with Crippen LogP contribution in [0, 0.1) is 0 Å². The van der Waals surface area contributed by atoms with Crippen molar-refractivity contribution < 1.29 is 28.9 Å². The molecule has 0 saturated carbocycles. The molecule has 3 aromatic carbocycles. The van der Waals surface area contributed by atoms with Gasteiger partial charge in [0.15, 0.2) is 5.13 Å². The van der Waals surface area contributed by atoms with E-state index in [4.69, 9.17) is 19.2 Å². The Labute approximate surface area is 242 Å². The van der Waals surface area contributed by atoms with E-state index in [1.165, 1.54) is 16.2 Å². The van der Waals surface area contributed by atoms with Gasteiger partial charge in [-0.05, 0) is 68.3 Å². The van der Waals surface area contributed by atoms with Crippen LogP contribution in [0.1, 0.15) is 50.8 Å². The second-order valence-electron chi connectivity index (χ2n) is 9.46. The van der Waals surface area contributed by atoms with Gasteiger partial charge in [-0.1, -0.05) is 48.9 Å². The van der Waals surface area contributed by atoms with Crippen molar-refractivity contribution in [3.8, 4) is 17.2 Å². The molecule has 0 spiro atoms. The molecule has 1 unspecified atom stereocenters. The summed E-state index contributed by atoms with van der Waals surface area (Å²) in [5, 5.41) is 11.9. The summed E-state index contributed by atoms with van der Waals surface area (Å²) < 4.78 is 17.9. The minimum absolute atomic E-state index is 0.0147. The second kappa shape index (κ2) is 12.4. The molecule has 1 amide bonds. The average molecular weight is 573 g/mol. The summed E-state index contributed by atoms with van der Waals surface area (Å²) in [5.41, 5.74) is 1.69. The Morgan fingerprint density at radius 2 is 1.61 bits per heavy atom. The molecule has 1 aliphatic rings. The first-order valence-corrected chi connectivity index (χ1v) is 14.6. The van der Waals surface area contributed by atoms with Crippen molar-refractivity contribution in [2.45, 2.75) is 39.7 Å². The standard InChI is InChI=1S/C32H32N2O6S/c1-4-7-17-40-23-10-8-9-21(18-23)29(35)27-28(20-11-13-22(14-12-20)38-5-2)34(31(37)30(27)36)32-33-25-16-15-24(39-6-3)19-26(25)41-32/h8-16,18-19,28,35H,4-7,17H2,1-3H3/b29-27+. The smallest absolute Gasteiger partial charge is 0.301 e. The zero-order valence-corrected chi connectivity index (χ0v) is 24.1. The highest BCUT2D eigenvalue weighted by atomic mass is 32.1. The normalized spacial score (nSPS) is 16.4. The minimum Gasteiger partial charge on any atom is -0.507 e. The maximum Gasteiger partial charge on any atom is 0.301 e. The fraction of sp³-hybridized carbons (Fsp3) is 0.281. The van der Waals surface area contributed by atoms with Crippen LogP contribution in [-0.4, -0.2) is 41.6 Å². The Morgan fingerprint density at radius 3 is 2.34 bits per heavy atom. The van der Waals surface area contributed by atoms with Gasteiger partial charge in [0.2, 0.25) is 0 Å². The summed E-state index contributed by atoms with van der Waals surface area (Å²) in [4.78, 5) is 33.3. The number of aliphatic hydroxyl groups is 1. The maximum atomic E-state index is 13.6. The first-order chi connectivity index (χ1) is 19.9. The topological polar surface area (TPSA) is 98.2 Å². The van der Waals surface area contributed by atoms with Crippen LogP contribution in [0.15, 0.2) is 72.3 Å². The van der Waals surface area contributed by atoms with E-state index in [1.807, 2.05) is 32.0 Å². The predicted molar refractivity (Wildman–Crippen MR) is 160 cm³/mol. The number of amides is 1. The van der Waals surface area contributed by atoms with Gasteiger partial charge < -0.3 is 19.3 Å². The quantitative estimate of drug-likeness (QED) is 0.0904. The Bertz CT molecular complexity index is 1590. The van der Waals surface area contributed by atoms with Gasteiger partial charge in [-0.3, -0.25) is 14.5 Å². The molecule has 1 aromatic heterocycles. The third-order valence-corrected chi connectivity index (χ3v) is 7.71. The lowest BCUT2D eigenvalue weighted by atomic mass is 9.95. The number of benzene rings is 3. The zero-order valence-electron chi connectivity index (χ0n) is 23.3. The second-order valence-corrected chi connectivity index (χ2v) is 10.5. The van der Waals surface area contributed by atoms with Crippen molar-refractivity contribution in [2.24, 2.45) is 0 Å². The third-order valence-electron chi connectivity index (χ3n) is 6.69. The lowest BCUT2D eigenvalue weighted by molar-refractivity contribution is -0.132. The molecular formula is C32H32N2O6S. The number of aromatic nitrogens is 1. The van der Waals surface area contributed by atoms with Crippen molar-refractivity contribution in [2.75, 3.05) is 24.7 Å². The van der Waals surface area contributed by atoms with Crippen molar-refractivity contribution in [3.05, 3.63) is 83.4 Å². The van der Waals surface area contributed by atoms with E-state index >= 15 is 0 Å². The molecule has 0 aliphatic carbocycles. The van der Waals surface area contributed by atoms with E-state index in [0.29, 0.717) is 58.8 Å². The van der Waals surface area contributed by atoms with Crippen LogP contribution >= 0.6 is 11.3 Å². The number of hydrogen-bond acceptors (Lipinski definition) is 8. The van der Waals surface area contributed by atoms with Crippen LogP contribution in [0.25, 0.3) is 16.0 Å². The lowest BCUT2D eigenvalue weighted by Gasteiger charge is -2.23. The van der Waals surface area contributed by atoms with Gasteiger partial charge in [0.1, 0.15) is 23.0 Å². The van der Waals surface area contributed by atoms with Crippen molar-refractivity contribution in [1.29, 1.82) is 0 Å². The number of hydrogen-bond donors (Lipinski definition) is 1. The minimum atomic E-state index is -0.901. The van der Waals surface area contributed by atoms with Gasteiger partial charge in [-0.15, -0.1) is 0 Å². The van der Waals surface area contributed by atoms with Gasteiger partial charge in [0.25, 0.3) is 5.78 Å². The molecule has 0 radical (unpaired) electrons. The SMILES string of the molecule is CCCCOc1cccc(/C(O)=C2\C(=O)C(=O)N(c3nc4ccc(OCC)cc4s3)C2c2ccc(OCC)cc2)c1. The van der Waals surface area contributed by atoms with Crippen LogP contribution in [0.3, 0.4) is 0 Å². The number of carbonyl (C=O) groups excluding carboxylic acids is 2. The number of carbonyl (C=O) groups is 2. The lowest BCUT2D eigenvalue weighted by Crippen LogP contribution is -2.29. The summed E-state index contributed by atoms with van der Waals surface area (Å²) in [5.74, 6) is 0.115. The number of unbranched alkanes of at least 4 members (excludes halogenated alkanes) is 1. The summed E-state index contributed by atoms with van der Waals surface area (Å²) >= 11 is 1.29. The molecule has 2 heterocycles. The Hall–Kier alpha value is -4.37. The number of fused-ring (bicyclic) bond motifs is 1. The molecule has 1 atom stereocenters. The molecule has 41 heavy (non-hydrogen) atoms. The van der Waals surface area contributed by atoms with Crippen molar-refractivity contribution >= 4 is 44.1 Å². The molecule has 1 N–H and O–H groups in total. The Balaban J connectivity index is 1.62. The van der Waals surface area contributed by atoms with Crippen molar-refractivity contribution in [3.63, 3.8) is 0 Å². The number of thiazole rings is 1. The highest BCUT2D eigenvalue weighted by Gasteiger charge is 2.48. The van der Waals surface area contributed by atoms with Gasteiger partial charge in [-0.25, -0.2) is 4.98 Å². The monoisotopic (exact) mass is 572 g/mol. The molecular weight excluding hydrogens is 540 g/mol. The summed E-state index contributed by atoms with van der Waals surface area (Å²) in [6.45, 7) is 7.45. The number of rotatable bonds is 11. The van der Waals surface area contributed by atoms with E-state index in [0.717, 1.165) is 17.5 Å². The van der Waals surface area contributed by atoms with Gasteiger partial charge in [-0.2, -0.15) is 0 Å². The van der Waals surface area contributed by atoms with Crippen LogP contribution in [0.4, 0.5) is 5.13 Å². The molecule has 212 valence electrons. The van der Waals surface area contributed by atoms with E-state index in [1.54, 1.807) is 48.5 Å². The number of ether oxygens (including phenoxy) is 3. The van der Waals surface area contributed by atoms with E-state index < -0.39 is 17.7 Å². The summed E-state index contributed by atoms with van der Waals surface area (Å²) in [6, 6.07) is 18.7. The summed E-state index contributed by atoms with van der Waals surface area (Å²) in [7, 11) is 0. The predicted octanol–water partition coefficient (Wildman–Crippen LogP) is 6.90. The molecule has 1 aliphatic heterocycles. The Morgan fingerprint density at radius 1 is 0.902 bits per heavy atom. The molecule has 8 nitrogen and oxygen atoms in total. The molecule has 4 aromatic rings. The fourth-order valence-electron chi connectivity index (χ4n) is 4.73. The first kappa shape index (κ1) is 28.2. The fourth-order valence-corrected chi connectivity index (χ4v) is 5.75. The zero-order chi connectivity index (χ0) is 28.9. The van der Waals surface area contributed by atoms with Gasteiger partial charge >= 0.3 is 5.91 Å². The first-order valence-electron chi connectivity index (χ1n) is 13.8. The molecule has 1 fully saturated rings. The molecule has 5 rings (SSSR count). The molecule has 0 bridgehead atoms. The van der Waals surface area contributed by atoms with Crippen LogP contribution in [0.2, 0.25) is 0 Å². The van der Waals surface area contributed by atoms with E-state index in [2.05, 4.69) is 6.92 Å². The van der Waals surface area contributed by atoms with E-state index in [-0.39, 0.29) is 11.3 Å².